The standard InChI is InChI=1S/C37H40F3N3O2/c1-23-18-33(44-27-6-2-3-7-27)29-20-26(12-13-32(29)41-23)43-16-14-36(15-17-43)21-24(22-36)19-30-34(42-45-35(30)25-10-11-25)28-8-4-5-9-31(28)37(38,39)40/h4-5,8-9,12-13,18,20,24-25,27H,2-3,6-7,10-11,14-17,19,21-22H2,1H3. The van der Waals surface area contributed by atoms with Crippen molar-refractivity contribution in [3.63, 3.8) is 0 Å². The highest BCUT2D eigenvalue weighted by Gasteiger charge is 2.47. The number of hydrogen-bond acceptors (Lipinski definition) is 5. The van der Waals surface area contributed by atoms with E-state index in [0.29, 0.717) is 29.0 Å². The van der Waals surface area contributed by atoms with Gasteiger partial charge in [0.25, 0.3) is 0 Å². The number of alkyl halides is 3. The number of nitrogens with zero attached hydrogens (tertiary/aromatic N) is 3. The van der Waals surface area contributed by atoms with Crippen LogP contribution < -0.4 is 9.64 Å². The zero-order valence-electron chi connectivity index (χ0n) is 25.8. The third kappa shape index (κ3) is 5.59. The van der Waals surface area contributed by atoms with Crippen molar-refractivity contribution in [2.45, 2.75) is 95.8 Å². The van der Waals surface area contributed by atoms with E-state index < -0.39 is 11.7 Å². The van der Waals surface area contributed by atoms with E-state index in [1.807, 2.05) is 6.92 Å². The molecule has 4 aliphatic rings. The minimum atomic E-state index is -4.44. The van der Waals surface area contributed by atoms with Gasteiger partial charge in [-0.2, -0.15) is 13.2 Å². The summed E-state index contributed by atoms with van der Waals surface area (Å²) in [6, 6.07) is 14.5. The Bertz CT molecular complexity index is 1700. The van der Waals surface area contributed by atoms with Gasteiger partial charge in [0.2, 0.25) is 0 Å². The van der Waals surface area contributed by atoms with E-state index in [0.717, 1.165) is 111 Å². The van der Waals surface area contributed by atoms with Crippen LogP contribution in [0, 0.1) is 18.3 Å². The number of rotatable bonds is 7. The summed E-state index contributed by atoms with van der Waals surface area (Å²) in [5.74, 6) is 2.50. The quantitative estimate of drug-likeness (QED) is 0.207. The lowest BCUT2D eigenvalue weighted by Crippen LogP contribution is -2.47. The molecule has 0 bridgehead atoms. The first-order valence-corrected chi connectivity index (χ1v) is 16.7. The summed E-state index contributed by atoms with van der Waals surface area (Å²) in [7, 11) is 0. The summed E-state index contributed by atoms with van der Waals surface area (Å²) in [5.41, 5.74) is 4.29. The molecule has 1 spiro atoms. The third-order valence-corrected chi connectivity index (χ3v) is 10.9. The smallest absolute Gasteiger partial charge is 0.417 e. The van der Waals surface area contributed by atoms with Crippen LogP contribution in [0.2, 0.25) is 0 Å². The van der Waals surface area contributed by atoms with Crippen molar-refractivity contribution in [2.75, 3.05) is 18.0 Å². The fourth-order valence-corrected chi connectivity index (χ4v) is 8.37. The van der Waals surface area contributed by atoms with E-state index in [1.54, 1.807) is 6.07 Å². The van der Waals surface area contributed by atoms with Crippen molar-refractivity contribution < 1.29 is 22.4 Å². The maximum Gasteiger partial charge on any atom is 0.417 e. The van der Waals surface area contributed by atoms with Crippen molar-refractivity contribution >= 4 is 16.6 Å². The topological polar surface area (TPSA) is 51.4 Å². The molecule has 0 amide bonds. The Morgan fingerprint density at radius 1 is 0.978 bits per heavy atom. The molecule has 1 saturated heterocycles. The van der Waals surface area contributed by atoms with Gasteiger partial charge in [0.1, 0.15) is 17.2 Å². The van der Waals surface area contributed by atoms with Crippen LogP contribution in [0.5, 0.6) is 5.75 Å². The van der Waals surface area contributed by atoms with Gasteiger partial charge in [-0.3, -0.25) is 4.98 Å². The van der Waals surface area contributed by atoms with Crippen molar-refractivity contribution in [3.05, 3.63) is 71.1 Å². The number of halogens is 3. The first kappa shape index (κ1) is 28.9. The SMILES string of the molecule is Cc1cc(OC2CCCC2)c2cc(N3CCC4(CC3)CC(Cc3c(-c5ccccc5C(F)(F)F)noc3C3CC3)C4)ccc2n1. The molecule has 4 fully saturated rings. The van der Waals surface area contributed by atoms with Crippen LogP contribution in [0.15, 0.2) is 53.1 Å². The predicted octanol–water partition coefficient (Wildman–Crippen LogP) is 9.66. The second-order valence-electron chi connectivity index (χ2n) is 14.1. The normalized spacial score (nSPS) is 20.7. The molecule has 0 radical (unpaired) electrons. The molecule has 2 aromatic carbocycles. The number of ether oxygens (including phenoxy) is 1. The Hall–Kier alpha value is -3.55. The number of pyridine rings is 1. The summed E-state index contributed by atoms with van der Waals surface area (Å²) in [5, 5.41) is 5.34. The monoisotopic (exact) mass is 615 g/mol. The van der Waals surface area contributed by atoms with E-state index in [9.17, 15) is 13.2 Å². The molecule has 236 valence electrons. The minimum Gasteiger partial charge on any atom is -0.490 e. The maximum absolute atomic E-state index is 13.9. The minimum absolute atomic E-state index is 0.135. The highest BCUT2D eigenvalue weighted by atomic mass is 19.4. The second kappa shape index (κ2) is 11.1. The van der Waals surface area contributed by atoms with Crippen molar-refractivity contribution in [1.82, 2.24) is 10.1 Å². The average Bonchev–Trinajstić information content (AvgIpc) is 3.56. The second-order valence-corrected chi connectivity index (χ2v) is 14.1. The van der Waals surface area contributed by atoms with Gasteiger partial charge < -0.3 is 14.2 Å². The molecule has 45 heavy (non-hydrogen) atoms. The molecule has 0 atom stereocenters. The molecule has 2 aromatic heterocycles. The van der Waals surface area contributed by atoms with Gasteiger partial charge in [-0.05, 0) is 113 Å². The molecule has 8 rings (SSSR count). The van der Waals surface area contributed by atoms with Crippen molar-refractivity contribution in [2.24, 2.45) is 11.3 Å². The molecular formula is C37H40F3N3O2. The summed E-state index contributed by atoms with van der Waals surface area (Å²) in [6.45, 7) is 4.03. The van der Waals surface area contributed by atoms with Gasteiger partial charge in [-0.1, -0.05) is 23.4 Å². The van der Waals surface area contributed by atoms with Gasteiger partial charge in [-0.25, -0.2) is 0 Å². The molecule has 1 aliphatic heterocycles. The molecule has 3 saturated carbocycles. The van der Waals surface area contributed by atoms with E-state index in [-0.39, 0.29) is 5.56 Å². The van der Waals surface area contributed by atoms with Crippen LogP contribution in [0.4, 0.5) is 18.9 Å². The largest absolute Gasteiger partial charge is 0.490 e. The Balaban J connectivity index is 0.957. The number of piperidine rings is 1. The molecule has 4 aromatic rings. The van der Waals surface area contributed by atoms with Crippen LogP contribution in [-0.2, 0) is 12.6 Å². The van der Waals surface area contributed by atoms with Gasteiger partial charge >= 0.3 is 6.18 Å². The number of hydrogen-bond donors (Lipinski definition) is 0. The third-order valence-electron chi connectivity index (χ3n) is 10.9. The summed E-state index contributed by atoms with van der Waals surface area (Å²) in [6.07, 6.45) is 7.83. The summed E-state index contributed by atoms with van der Waals surface area (Å²) >= 11 is 0. The van der Waals surface area contributed by atoms with Crippen LogP contribution in [-0.4, -0.2) is 29.3 Å². The average molecular weight is 616 g/mol. The van der Waals surface area contributed by atoms with Gasteiger partial charge in [0.15, 0.2) is 0 Å². The van der Waals surface area contributed by atoms with Gasteiger partial charge in [-0.15, -0.1) is 0 Å². The molecule has 5 nitrogen and oxygen atoms in total. The number of aryl methyl sites for hydroxylation is 1. The highest BCUT2D eigenvalue weighted by molar-refractivity contribution is 5.88. The first-order chi connectivity index (χ1) is 21.7. The first-order valence-electron chi connectivity index (χ1n) is 16.7. The lowest BCUT2D eigenvalue weighted by atomic mass is 9.56. The Kier molecular flexibility index (Phi) is 7.10. The Labute approximate surface area is 262 Å². The number of anilines is 1. The summed E-state index contributed by atoms with van der Waals surface area (Å²) in [4.78, 5) is 7.27. The van der Waals surface area contributed by atoms with Gasteiger partial charge in [0, 0.05) is 53.0 Å². The van der Waals surface area contributed by atoms with Crippen molar-refractivity contribution in [3.8, 4) is 17.0 Å². The predicted molar refractivity (Wildman–Crippen MR) is 169 cm³/mol. The fraction of sp³-hybridized carbons (Fsp3) is 0.514. The van der Waals surface area contributed by atoms with E-state index >= 15 is 0 Å². The zero-order valence-corrected chi connectivity index (χ0v) is 25.8. The van der Waals surface area contributed by atoms with Crippen LogP contribution in [0.3, 0.4) is 0 Å². The van der Waals surface area contributed by atoms with E-state index in [1.165, 1.54) is 30.7 Å². The number of benzene rings is 2. The molecule has 0 N–H and O–H groups in total. The van der Waals surface area contributed by atoms with Crippen LogP contribution in [0.25, 0.3) is 22.2 Å². The van der Waals surface area contributed by atoms with E-state index in [2.05, 4.69) is 34.3 Å². The molecule has 8 heteroatoms. The molecule has 3 heterocycles. The highest BCUT2D eigenvalue weighted by Crippen LogP contribution is 2.55. The van der Waals surface area contributed by atoms with Crippen LogP contribution in [0.1, 0.15) is 92.7 Å². The van der Waals surface area contributed by atoms with Crippen LogP contribution >= 0.6 is 0 Å². The van der Waals surface area contributed by atoms with E-state index in [4.69, 9.17) is 14.2 Å². The fourth-order valence-electron chi connectivity index (χ4n) is 8.37. The lowest BCUT2D eigenvalue weighted by Gasteiger charge is -2.53. The maximum atomic E-state index is 13.9. The van der Waals surface area contributed by atoms with Gasteiger partial charge in [0.05, 0.1) is 17.2 Å². The molecule has 3 aliphatic carbocycles. The number of aromatic nitrogens is 2. The summed E-state index contributed by atoms with van der Waals surface area (Å²) < 4.78 is 53.9. The molecule has 0 unspecified atom stereocenters. The number of fused-ring (bicyclic) bond motifs is 1. The Morgan fingerprint density at radius 3 is 2.47 bits per heavy atom. The van der Waals surface area contributed by atoms with Crippen molar-refractivity contribution in [1.29, 1.82) is 0 Å². The lowest BCUT2D eigenvalue weighted by molar-refractivity contribution is -0.137. The zero-order chi connectivity index (χ0) is 30.8. The Morgan fingerprint density at radius 2 is 1.73 bits per heavy atom. The molecular weight excluding hydrogens is 575 g/mol.